The van der Waals surface area contributed by atoms with Gasteiger partial charge in [0, 0.05) is 35.6 Å². The zero-order chi connectivity index (χ0) is 16.2. The predicted octanol–water partition coefficient (Wildman–Crippen LogP) is 2.98. The highest BCUT2D eigenvalue weighted by atomic mass is 32.2. The number of amides is 1. The van der Waals surface area contributed by atoms with Crippen LogP contribution in [-0.4, -0.2) is 44.1 Å². The van der Waals surface area contributed by atoms with E-state index in [0.717, 1.165) is 24.2 Å². The summed E-state index contributed by atoms with van der Waals surface area (Å²) < 4.78 is 17.9. The Morgan fingerprint density at radius 3 is 2.68 bits per heavy atom. The number of nitrogens with zero attached hydrogens (tertiary/aromatic N) is 2. The van der Waals surface area contributed by atoms with Gasteiger partial charge in [-0.3, -0.25) is 9.19 Å². The van der Waals surface area contributed by atoms with Gasteiger partial charge in [-0.25, -0.2) is 4.79 Å². The zero-order valence-electron chi connectivity index (χ0n) is 13.4. The fourth-order valence-corrected chi connectivity index (χ4v) is 3.81. The second-order valence-electron chi connectivity index (χ2n) is 6.52. The first-order chi connectivity index (χ1) is 10.4. The van der Waals surface area contributed by atoms with Crippen LogP contribution < -0.4 is 0 Å². The molecule has 1 fully saturated rings. The minimum absolute atomic E-state index is 0.0300. The van der Waals surface area contributed by atoms with Crippen molar-refractivity contribution in [2.24, 2.45) is 0 Å². The fourth-order valence-electron chi connectivity index (χ4n) is 2.50. The van der Waals surface area contributed by atoms with Gasteiger partial charge in [0.1, 0.15) is 5.60 Å². The lowest BCUT2D eigenvalue weighted by Crippen LogP contribution is -2.48. The molecule has 2 atom stereocenters. The molecule has 1 aliphatic heterocycles. The number of hydrogen-bond donors (Lipinski definition) is 0. The molecule has 0 N–H and O–H groups in total. The Morgan fingerprint density at radius 1 is 1.36 bits per heavy atom. The van der Waals surface area contributed by atoms with Gasteiger partial charge in [-0.2, -0.15) is 0 Å². The second kappa shape index (κ2) is 7.22. The SMILES string of the molecule is CC(C)(C)OC(=O)N1CCCC[C@H]1C[S@](=O)c1ccncc1. The van der Waals surface area contributed by atoms with Crippen molar-refractivity contribution in [2.75, 3.05) is 12.3 Å². The minimum atomic E-state index is -1.13. The van der Waals surface area contributed by atoms with Crippen LogP contribution in [0.4, 0.5) is 4.79 Å². The molecule has 1 aromatic rings. The Morgan fingerprint density at radius 2 is 2.05 bits per heavy atom. The highest BCUT2D eigenvalue weighted by Gasteiger charge is 2.31. The van der Waals surface area contributed by atoms with Crippen LogP contribution in [0, 0.1) is 0 Å². The van der Waals surface area contributed by atoms with Crippen LogP contribution in [0.2, 0.25) is 0 Å². The maximum absolute atomic E-state index is 12.5. The first-order valence-electron chi connectivity index (χ1n) is 7.65. The number of pyridine rings is 1. The van der Waals surface area contributed by atoms with Gasteiger partial charge in [0.2, 0.25) is 0 Å². The van der Waals surface area contributed by atoms with E-state index in [1.807, 2.05) is 20.8 Å². The summed E-state index contributed by atoms with van der Waals surface area (Å²) >= 11 is 0. The van der Waals surface area contributed by atoms with Gasteiger partial charge in [-0.05, 0) is 52.2 Å². The van der Waals surface area contributed by atoms with E-state index in [1.54, 1.807) is 29.4 Å². The van der Waals surface area contributed by atoms with Gasteiger partial charge >= 0.3 is 6.09 Å². The highest BCUT2D eigenvalue weighted by Crippen LogP contribution is 2.22. The van der Waals surface area contributed by atoms with E-state index in [-0.39, 0.29) is 12.1 Å². The van der Waals surface area contributed by atoms with Crippen molar-refractivity contribution in [1.29, 1.82) is 0 Å². The van der Waals surface area contributed by atoms with Crippen molar-refractivity contribution in [3.8, 4) is 0 Å². The topological polar surface area (TPSA) is 59.5 Å². The van der Waals surface area contributed by atoms with E-state index in [9.17, 15) is 9.00 Å². The Labute approximate surface area is 134 Å². The van der Waals surface area contributed by atoms with Crippen LogP contribution in [0.1, 0.15) is 40.0 Å². The summed E-state index contributed by atoms with van der Waals surface area (Å²) in [6, 6.07) is 3.49. The van der Waals surface area contributed by atoms with E-state index in [2.05, 4.69) is 4.98 Å². The maximum atomic E-state index is 12.5. The third kappa shape index (κ3) is 4.80. The van der Waals surface area contributed by atoms with E-state index >= 15 is 0 Å². The van der Waals surface area contributed by atoms with Crippen molar-refractivity contribution in [3.63, 3.8) is 0 Å². The normalized spacial score (nSPS) is 20.5. The molecule has 0 spiro atoms. The standard InChI is InChI=1S/C16H24N2O3S/c1-16(2,3)21-15(19)18-11-5-4-6-13(18)12-22(20)14-7-9-17-10-8-14/h7-10,13H,4-6,11-12H2,1-3H3/t13-,22-/m0/s1. The Hall–Kier alpha value is -1.43. The van der Waals surface area contributed by atoms with Crippen LogP contribution in [0.3, 0.4) is 0 Å². The molecule has 0 bridgehead atoms. The number of piperidine rings is 1. The van der Waals surface area contributed by atoms with Crippen molar-refractivity contribution < 1.29 is 13.7 Å². The zero-order valence-corrected chi connectivity index (χ0v) is 14.3. The fraction of sp³-hybridized carbons (Fsp3) is 0.625. The summed E-state index contributed by atoms with van der Waals surface area (Å²) in [6.45, 7) is 6.25. The lowest BCUT2D eigenvalue weighted by atomic mass is 10.0. The van der Waals surface area contributed by atoms with E-state index in [4.69, 9.17) is 4.74 Å². The third-order valence-electron chi connectivity index (χ3n) is 3.51. The summed E-state index contributed by atoms with van der Waals surface area (Å²) in [5.41, 5.74) is -0.511. The van der Waals surface area contributed by atoms with E-state index in [0.29, 0.717) is 12.3 Å². The summed E-state index contributed by atoms with van der Waals surface area (Å²) in [6.07, 6.45) is 5.87. The summed E-state index contributed by atoms with van der Waals surface area (Å²) in [7, 11) is -1.13. The van der Waals surface area contributed by atoms with Gasteiger partial charge in [0.15, 0.2) is 0 Å². The van der Waals surface area contributed by atoms with Crippen LogP contribution in [0.15, 0.2) is 29.4 Å². The molecule has 22 heavy (non-hydrogen) atoms. The average Bonchev–Trinajstić information content (AvgIpc) is 2.47. The third-order valence-corrected chi connectivity index (χ3v) is 5.00. The molecule has 1 saturated heterocycles. The van der Waals surface area contributed by atoms with Crippen LogP contribution >= 0.6 is 0 Å². The molecule has 1 aliphatic rings. The molecule has 0 unspecified atom stereocenters. The van der Waals surface area contributed by atoms with Gasteiger partial charge < -0.3 is 9.64 Å². The predicted molar refractivity (Wildman–Crippen MR) is 86.1 cm³/mol. The van der Waals surface area contributed by atoms with Crippen molar-refractivity contribution in [1.82, 2.24) is 9.88 Å². The lowest BCUT2D eigenvalue weighted by Gasteiger charge is -2.36. The molecule has 5 nitrogen and oxygen atoms in total. The molecule has 0 saturated carbocycles. The molecule has 2 heterocycles. The quantitative estimate of drug-likeness (QED) is 0.857. The Bertz CT molecular complexity index is 528. The number of carbonyl (C=O) groups is 1. The Balaban J connectivity index is 2.04. The maximum Gasteiger partial charge on any atom is 0.410 e. The number of aromatic nitrogens is 1. The molecule has 2 rings (SSSR count). The average molecular weight is 324 g/mol. The molecular weight excluding hydrogens is 300 g/mol. The first kappa shape index (κ1) is 16.9. The minimum Gasteiger partial charge on any atom is -0.444 e. The second-order valence-corrected chi connectivity index (χ2v) is 8.01. The molecular formula is C16H24N2O3S. The molecule has 0 aromatic carbocycles. The Kier molecular flexibility index (Phi) is 5.56. The molecule has 1 amide bonds. The molecule has 6 heteroatoms. The number of ether oxygens (including phenoxy) is 1. The summed E-state index contributed by atoms with van der Waals surface area (Å²) in [5.74, 6) is 0.448. The van der Waals surface area contributed by atoms with Crippen LogP contribution in [0.5, 0.6) is 0 Å². The highest BCUT2D eigenvalue weighted by molar-refractivity contribution is 7.85. The van der Waals surface area contributed by atoms with Gasteiger partial charge in [-0.15, -0.1) is 0 Å². The van der Waals surface area contributed by atoms with E-state index in [1.165, 1.54) is 0 Å². The van der Waals surface area contributed by atoms with Crippen LogP contribution in [-0.2, 0) is 15.5 Å². The van der Waals surface area contributed by atoms with E-state index < -0.39 is 16.4 Å². The van der Waals surface area contributed by atoms with Gasteiger partial charge in [0.25, 0.3) is 0 Å². The first-order valence-corrected chi connectivity index (χ1v) is 8.97. The van der Waals surface area contributed by atoms with Gasteiger partial charge in [0.05, 0.1) is 10.8 Å². The molecule has 1 aromatic heterocycles. The molecule has 0 radical (unpaired) electrons. The molecule has 0 aliphatic carbocycles. The monoisotopic (exact) mass is 324 g/mol. The summed E-state index contributed by atoms with van der Waals surface area (Å²) in [5, 5.41) is 0. The van der Waals surface area contributed by atoms with Gasteiger partial charge in [-0.1, -0.05) is 0 Å². The van der Waals surface area contributed by atoms with Crippen molar-refractivity contribution >= 4 is 16.9 Å². The number of likely N-dealkylation sites (tertiary alicyclic amines) is 1. The smallest absolute Gasteiger partial charge is 0.410 e. The van der Waals surface area contributed by atoms with Crippen molar-refractivity contribution in [3.05, 3.63) is 24.5 Å². The number of rotatable bonds is 3. The largest absolute Gasteiger partial charge is 0.444 e. The summed E-state index contributed by atoms with van der Waals surface area (Å²) in [4.78, 5) is 18.8. The molecule has 122 valence electrons. The lowest BCUT2D eigenvalue weighted by molar-refractivity contribution is 0.0125. The number of carbonyl (C=O) groups excluding carboxylic acids is 1. The number of hydrogen-bond acceptors (Lipinski definition) is 4. The van der Waals surface area contributed by atoms with Crippen LogP contribution in [0.25, 0.3) is 0 Å². The van der Waals surface area contributed by atoms with Crippen molar-refractivity contribution in [2.45, 2.75) is 56.6 Å².